The number of anilines is 3. The van der Waals surface area contributed by atoms with E-state index in [0.29, 0.717) is 21.7 Å². The number of aromatic nitrogens is 4. The molecule has 4 aromatic rings. The minimum Gasteiger partial charge on any atom is -0.337 e. The number of fused-ring (bicyclic) bond motifs is 1. The zero-order valence-electron chi connectivity index (χ0n) is 13.6. The molecule has 2 heterocycles. The van der Waals surface area contributed by atoms with Crippen LogP contribution in [0.5, 0.6) is 0 Å². The van der Waals surface area contributed by atoms with Crippen molar-refractivity contribution in [3.8, 4) is 0 Å². The Morgan fingerprint density at radius 3 is 2.37 bits per heavy atom. The van der Waals surface area contributed by atoms with Gasteiger partial charge in [-0.15, -0.1) is 0 Å². The van der Waals surface area contributed by atoms with Crippen LogP contribution in [0.25, 0.3) is 11.3 Å². The zero-order valence-corrected chi connectivity index (χ0v) is 15.1. The largest absolute Gasteiger partial charge is 0.337 e. The molecule has 0 aliphatic rings. The van der Waals surface area contributed by atoms with Gasteiger partial charge >= 0.3 is 0 Å². The third kappa shape index (κ3) is 4.13. The van der Waals surface area contributed by atoms with Crippen molar-refractivity contribution in [2.75, 3.05) is 10.7 Å². The number of hydrogen-bond acceptors (Lipinski definition) is 8. The van der Waals surface area contributed by atoms with E-state index in [-0.39, 0.29) is 11.3 Å². The molecular weight excluding hydrogens is 389 g/mol. The summed E-state index contributed by atoms with van der Waals surface area (Å²) in [5.74, 6) is 0.747. The fraction of sp³-hybridized carbons (Fsp3) is 0. The molecule has 134 valence electrons. The van der Waals surface area contributed by atoms with Crippen LogP contribution in [0.4, 0.5) is 17.3 Å². The second-order valence-electron chi connectivity index (χ2n) is 5.39. The van der Waals surface area contributed by atoms with Crippen LogP contribution in [0.15, 0.2) is 58.3 Å². The molecule has 8 nitrogen and oxygen atoms in total. The molecule has 0 bridgehead atoms. The summed E-state index contributed by atoms with van der Waals surface area (Å²) < 4.78 is 4.68. The third-order valence-corrected chi connectivity index (χ3v) is 3.94. The second kappa shape index (κ2) is 7.56. The third-order valence-electron chi connectivity index (χ3n) is 3.46. The molecule has 0 amide bonds. The van der Waals surface area contributed by atoms with Crippen LogP contribution in [-0.2, 0) is 0 Å². The van der Waals surface area contributed by atoms with Crippen molar-refractivity contribution in [1.82, 2.24) is 20.3 Å². The van der Waals surface area contributed by atoms with Crippen molar-refractivity contribution in [1.29, 1.82) is 0 Å². The number of nitrogens with zero attached hydrogens (tertiary/aromatic N) is 5. The monoisotopic (exact) mass is 399 g/mol. The summed E-state index contributed by atoms with van der Waals surface area (Å²) in [4.78, 5) is 8.69. The molecule has 0 aliphatic heterocycles. The van der Waals surface area contributed by atoms with Gasteiger partial charge in [-0.25, -0.2) is 9.61 Å². The van der Waals surface area contributed by atoms with Gasteiger partial charge in [0.1, 0.15) is 0 Å². The standard InChI is InChI=1S/C17H11Cl2N7O/c18-11-6-4-10(5-7-11)9-20-24-15-14(21-13-3-1-2-12(19)8-13)22-16-17(23-15)26-27-25-16/h1-9H,(H,21,22,25)(H,23,24,26)/b20-9-. The SMILES string of the molecule is Clc1ccc(/C=N\Nc2nc3nonc3nc2Nc2cccc(Cl)c2)cc1. The normalized spacial score (nSPS) is 11.2. The molecule has 2 N–H and O–H groups in total. The maximum absolute atomic E-state index is 6.03. The first-order valence-corrected chi connectivity index (χ1v) is 8.50. The van der Waals surface area contributed by atoms with Crippen molar-refractivity contribution < 1.29 is 4.63 Å². The molecule has 0 atom stereocenters. The highest BCUT2D eigenvalue weighted by atomic mass is 35.5. The van der Waals surface area contributed by atoms with Gasteiger partial charge in [0.05, 0.1) is 6.21 Å². The molecule has 0 aliphatic carbocycles. The van der Waals surface area contributed by atoms with E-state index in [0.717, 1.165) is 11.3 Å². The Balaban J connectivity index is 1.62. The van der Waals surface area contributed by atoms with Crippen molar-refractivity contribution in [2.24, 2.45) is 5.10 Å². The average Bonchev–Trinajstić information content (AvgIpc) is 3.11. The Bertz CT molecular complexity index is 1110. The van der Waals surface area contributed by atoms with Crippen LogP contribution in [0.3, 0.4) is 0 Å². The number of hydrogen-bond donors (Lipinski definition) is 2. The molecule has 0 saturated heterocycles. The lowest BCUT2D eigenvalue weighted by atomic mass is 10.2. The van der Waals surface area contributed by atoms with E-state index in [4.69, 9.17) is 23.2 Å². The lowest BCUT2D eigenvalue weighted by molar-refractivity contribution is 0.314. The average molecular weight is 400 g/mol. The second-order valence-corrected chi connectivity index (χ2v) is 6.26. The van der Waals surface area contributed by atoms with Gasteiger partial charge in [-0.3, -0.25) is 5.43 Å². The van der Waals surface area contributed by atoms with Gasteiger partial charge in [0.2, 0.25) is 11.3 Å². The van der Waals surface area contributed by atoms with E-state index >= 15 is 0 Å². The summed E-state index contributed by atoms with van der Waals surface area (Å²) in [5, 5.41) is 16.0. The van der Waals surface area contributed by atoms with Crippen molar-refractivity contribution in [2.45, 2.75) is 0 Å². The van der Waals surface area contributed by atoms with E-state index in [1.54, 1.807) is 30.5 Å². The molecule has 0 saturated carbocycles. The number of benzene rings is 2. The Labute approximate surface area is 163 Å². The molecule has 27 heavy (non-hydrogen) atoms. The summed E-state index contributed by atoms with van der Waals surface area (Å²) in [7, 11) is 0. The Kier molecular flexibility index (Phi) is 4.82. The predicted molar refractivity (Wildman–Crippen MR) is 105 cm³/mol. The van der Waals surface area contributed by atoms with Crippen LogP contribution in [0, 0.1) is 0 Å². The van der Waals surface area contributed by atoms with Gasteiger partial charge in [0, 0.05) is 15.7 Å². The number of halogens is 2. The van der Waals surface area contributed by atoms with E-state index in [1.807, 2.05) is 24.3 Å². The van der Waals surface area contributed by atoms with Gasteiger partial charge in [0.25, 0.3) is 0 Å². The van der Waals surface area contributed by atoms with Crippen LogP contribution in [0.2, 0.25) is 10.0 Å². The van der Waals surface area contributed by atoms with E-state index in [1.165, 1.54) is 0 Å². The van der Waals surface area contributed by atoms with Crippen molar-refractivity contribution in [3.63, 3.8) is 0 Å². The lowest BCUT2D eigenvalue weighted by Gasteiger charge is -2.09. The minimum atomic E-state index is 0.260. The van der Waals surface area contributed by atoms with Crippen molar-refractivity contribution in [3.05, 3.63) is 64.1 Å². The highest BCUT2D eigenvalue weighted by Crippen LogP contribution is 2.25. The quantitative estimate of drug-likeness (QED) is 0.375. The van der Waals surface area contributed by atoms with Gasteiger partial charge in [-0.2, -0.15) is 10.1 Å². The molecule has 0 radical (unpaired) electrons. The minimum absolute atomic E-state index is 0.260. The maximum atomic E-state index is 6.03. The van der Waals surface area contributed by atoms with Gasteiger partial charge in [-0.1, -0.05) is 41.4 Å². The van der Waals surface area contributed by atoms with E-state index in [9.17, 15) is 0 Å². The van der Waals surface area contributed by atoms with Gasteiger partial charge in [-0.05, 0) is 46.2 Å². The molecule has 4 rings (SSSR count). The molecular formula is C17H11Cl2N7O. The van der Waals surface area contributed by atoms with Gasteiger partial charge in [0.15, 0.2) is 11.6 Å². The van der Waals surface area contributed by atoms with E-state index < -0.39 is 0 Å². The van der Waals surface area contributed by atoms with Crippen LogP contribution in [-0.4, -0.2) is 26.5 Å². The number of rotatable bonds is 5. The highest BCUT2D eigenvalue weighted by Gasteiger charge is 2.12. The molecule has 0 fully saturated rings. The summed E-state index contributed by atoms with van der Waals surface area (Å²) in [6.07, 6.45) is 1.63. The highest BCUT2D eigenvalue weighted by molar-refractivity contribution is 6.31. The first kappa shape index (κ1) is 17.2. The van der Waals surface area contributed by atoms with Crippen LogP contribution >= 0.6 is 23.2 Å². The number of hydrazone groups is 1. The molecule has 2 aromatic heterocycles. The number of nitrogens with one attached hydrogen (secondary N) is 2. The molecule has 0 unspecified atom stereocenters. The molecule has 0 spiro atoms. The van der Waals surface area contributed by atoms with E-state index in [2.05, 4.69) is 40.8 Å². The summed E-state index contributed by atoms with van der Waals surface area (Å²) in [6, 6.07) is 14.4. The molecule has 2 aromatic carbocycles. The summed E-state index contributed by atoms with van der Waals surface area (Å²) in [6.45, 7) is 0. The zero-order chi connectivity index (χ0) is 18.6. The fourth-order valence-electron chi connectivity index (χ4n) is 2.22. The summed E-state index contributed by atoms with van der Waals surface area (Å²) in [5.41, 5.74) is 4.98. The molecule has 10 heteroatoms. The predicted octanol–water partition coefficient (Wildman–Crippen LogP) is 4.51. The van der Waals surface area contributed by atoms with Crippen molar-refractivity contribution >= 4 is 58.0 Å². The van der Waals surface area contributed by atoms with Gasteiger partial charge < -0.3 is 5.32 Å². The fourth-order valence-corrected chi connectivity index (χ4v) is 2.54. The lowest BCUT2D eigenvalue weighted by Crippen LogP contribution is -2.03. The first-order valence-electron chi connectivity index (χ1n) is 7.75. The smallest absolute Gasteiger partial charge is 0.245 e. The Morgan fingerprint density at radius 2 is 1.63 bits per heavy atom. The van der Waals surface area contributed by atoms with Crippen LogP contribution < -0.4 is 10.7 Å². The topological polar surface area (TPSA) is 101 Å². The Hall–Kier alpha value is -3.23. The van der Waals surface area contributed by atoms with Crippen LogP contribution in [0.1, 0.15) is 5.56 Å². The Morgan fingerprint density at radius 1 is 0.889 bits per heavy atom. The maximum Gasteiger partial charge on any atom is 0.245 e. The first-order chi connectivity index (χ1) is 13.2. The summed E-state index contributed by atoms with van der Waals surface area (Å²) >= 11 is 11.9.